The van der Waals surface area contributed by atoms with Crippen LogP contribution in [0.15, 0.2) is 30.3 Å². The smallest absolute Gasteiger partial charge is 0.317 e. The van der Waals surface area contributed by atoms with Crippen molar-refractivity contribution in [3.8, 4) is 0 Å². The minimum Gasteiger partial charge on any atom is -0.457 e. The zero-order chi connectivity index (χ0) is 12.4. The van der Waals surface area contributed by atoms with E-state index in [2.05, 4.69) is 0 Å². The summed E-state index contributed by atoms with van der Waals surface area (Å²) in [6.45, 7) is 3.68. The van der Waals surface area contributed by atoms with Gasteiger partial charge < -0.3 is 4.74 Å². The third-order valence-corrected chi connectivity index (χ3v) is 3.32. The molecule has 0 N–H and O–H groups in total. The first-order valence-electron chi connectivity index (χ1n) is 5.93. The van der Waals surface area contributed by atoms with Gasteiger partial charge in [-0.05, 0) is 5.56 Å². The topological polar surface area (TPSA) is 43.4 Å². The molecule has 0 amide bonds. The number of Topliss-reactive ketones (excluding diaryl/α,β-unsaturated/α-hetero) is 1. The SMILES string of the molecule is CCC(=O)C1C(=O)O[C@H](c2ccccc2)[C@@H]1C. The average Bonchev–Trinajstić information content (AvgIpc) is 2.65. The first-order valence-corrected chi connectivity index (χ1v) is 5.93. The van der Waals surface area contributed by atoms with Crippen LogP contribution in [0.5, 0.6) is 0 Å². The molecule has 0 radical (unpaired) electrons. The maximum absolute atomic E-state index is 11.7. The van der Waals surface area contributed by atoms with Crippen LogP contribution in [0.2, 0.25) is 0 Å². The zero-order valence-electron chi connectivity index (χ0n) is 10.1. The molecule has 3 nitrogen and oxygen atoms in total. The molecule has 1 unspecified atom stereocenters. The van der Waals surface area contributed by atoms with E-state index in [9.17, 15) is 9.59 Å². The van der Waals surface area contributed by atoms with Crippen LogP contribution in [-0.2, 0) is 14.3 Å². The molecule has 90 valence electrons. The van der Waals surface area contributed by atoms with Gasteiger partial charge in [-0.15, -0.1) is 0 Å². The summed E-state index contributed by atoms with van der Waals surface area (Å²) in [5.74, 6) is -1.08. The first-order chi connectivity index (χ1) is 8.15. The summed E-state index contributed by atoms with van der Waals surface area (Å²) in [6.07, 6.45) is 0.0928. The summed E-state index contributed by atoms with van der Waals surface area (Å²) in [4.78, 5) is 23.4. The van der Waals surface area contributed by atoms with Gasteiger partial charge in [0.05, 0.1) is 0 Å². The number of rotatable bonds is 3. The predicted octanol–water partition coefficient (Wildman–Crippen LogP) is 2.52. The summed E-state index contributed by atoms with van der Waals surface area (Å²) in [5.41, 5.74) is 0.958. The maximum atomic E-state index is 11.7. The van der Waals surface area contributed by atoms with Crippen molar-refractivity contribution in [2.75, 3.05) is 0 Å². The lowest BCUT2D eigenvalue weighted by atomic mass is 9.85. The Bertz CT molecular complexity index is 424. The maximum Gasteiger partial charge on any atom is 0.317 e. The zero-order valence-corrected chi connectivity index (χ0v) is 10.1. The molecule has 1 saturated heterocycles. The molecule has 0 saturated carbocycles. The first kappa shape index (κ1) is 11.8. The fourth-order valence-electron chi connectivity index (χ4n) is 2.35. The summed E-state index contributed by atoms with van der Waals surface area (Å²) in [6, 6.07) is 9.58. The minimum absolute atomic E-state index is 0.0269. The second kappa shape index (κ2) is 4.70. The molecular formula is C14H16O3. The normalized spacial score (nSPS) is 27.9. The highest BCUT2D eigenvalue weighted by atomic mass is 16.6. The monoisotopic (exact) mass is 232 g/mol. The van der Waals surface area contributed by atoms with E-state index in [-0.39, 0.29) is 23.8 Å². The molecule has 1 aromatic rings. The van der Waals surface area contributed by atoms with Crippen LogP contribution in [0.4, 0.5) is 0 Å². The Morgan fingerprint density at radius 3 is 2.53 bits per heavy atom. The highest BCUT2D eigenvalue weighted by Gasteiger charge is 2.45. The molecule has 1 aromatic carbocycles. The summed E-state index contributed by atoms with van der Waals surface area (Å²) < 4.78 is 5.34. The van der Waals surface area contributed by atoms with E-state index < -0.39 is 5.92 Å². The van der Waals surface area contributed by atoms with Crippen molar-refractivity contribution in [3.05, 3.63) is 35.9 Å². The van der Waals surface area contributed by atoms with Crippen LogP contribution in [0, 0.1) is 11.8 Å². The Balaban J connectivity index is 2.24. The van der Waals surface area contributed by atoms with E-state index in [4.69, 9.17) is 4.74 Å². The fourth-order valence-corrected chi connectivity index (χ4v) is 2.35. The number of esters is 1. The van der Waals surface area contributed by atoms with Crippen LogP contribution in [0.3, 0.4) is 0 Å². The van der Waals surface area contributed by atoms with Gasteiger partial charge in [0.2, 0.25) is 0 Å². The summed E-state index contributed by atoms with van der Waals surface area (Å²) in [5, 5.41) is 0. The van der Waals surface area contributed by atoms with E-state index in [1.807, 2.05) is 37.3 Å². The predicted molar refractivity (Wildman–Crippen MR) is 63.2 cm³/mol. The number of hydrogen-bond acceptors (Lipinski definition) is 3. The van der Waals surface area contributed by atoms with Crippen LogP contribution in [-0.4, -0.2) is 11.8 Å². The quantitative estimate of drug-likeness (QED) is 0.594. The Morgan fingerprint density at radius 1 is 1.29 bits per heavy atom. The average molecular weight is 232 g/mol. The van der Waals surface area contributed by atoms with Crippen molar-refractivity contribution in [1.82, 2.24) is 0 Å². The van der Waals surface area contributed by atoms with Crippen molar-refractivity contribution < 1.29 is 14.3 Å². The number of hydrogen-bond donors (Lipinski definition) is 0. The Kier molecular flexibility index (Phi) is 3.27. The molecule has 0 bridgehead atoms. The largest absolute Gasteiger partial charge is 0.457 e. The van der Waals surface area contributed by atoms with E-state index in [0.717, 1.165) is 5.56 Å². The van der Waals surface area contributed by atoms with Gasteiger partial charge in [-0.3, -0.25) is 9.59 Å². The molecular weight excluding hydrogens is 216 g/mol. The molecule has 0 aromatic heterocycles. The van der Waals surface area contributed by atoms with Gasteiger partial charge in [-0.25, -0.2) is 0 Å². The lowest BCUT2D eigenvalue weighted by molar-refractivity contribution is -0.147. The molecule has 0 spiro atoms. The van der Waals surface area contributed by atoms with Crippen molar-refractivity contribution in [2.45, 2.75) is 26.4 Å². The van der Waals surface area contributed by atoms with E-state index >= 15 is 0 Å². The Hall–Kier alpha value is -1.64. The standard InChI is InChI=1S/C14H16O3/c1-3-11(15)12-9(2)13(17-14(12)16)10-7-5-4-6-8-10/h4-9,12-13H,3H2,1-2H3/t9-,12?,13+/m1/s1. The van der Waals surface area contributed by atoms with Gasteiger partial charge in [0.1, 0.15) is 17.8 Å². The molecule has 1 aliphatic heterocycles. The molecule has 0 aliphatic carbocycles. The number of carbonyl (C=O) groups excluding carboxylic acids is 2. The lowest BCUT2D eigenvalue weighted by Crippen LogP contribution is -2.23. The molecule has 17 heavy (non-hydrogen) atoms. The van der Waals surface area contributed by atoms with Crippen molar-refractivity contribution in [1.29, 1.82) is 0 Å². The van der Waals surface area contributed by atoms with Gasteiger partial charge in [0.25, 0.3) is 0 Å². The van der Waals surface area contributed by atoms with E-state index in [1.54, 1.807) is 6.92 Å². The highest BCUT2D eigenvalue weighted by molar-refractivity contribution is 6.00. The second-order valence-corrected chi connectivity index (χ2v) is 4.42. The number of cyclic esters (lactones) is 1. The molecule has 3 atom stereocenters. The van der Waals surface area contributed by atoms with Crippen LogP contribution < -0.4 is 0 Å². The van der Waals surface area contributed by atoms with Crippen molar-refractivity contribution in [3.63, 3.8) is 0 Å². The molecule has 1 heterocycles. The molecule has 3 heteroatoms. The number of ether oxygens (including phenoxy) is 1. The fraction of sp³-hybridized carbons (Fsp3) is 0.429. The summed E-state index contributed by atoms with van der Waals surface area (Å²) in [7, 11) is 0. The number of ketones is 1. The van der Waals surface area contributed by atoms with Gasteiger partial charge in [-0.2, -0.15) is 0 Å². The summed E-state index contributed by atoms with van der Waals surface area (Å²) >= 11 is 0. The third-order valence-electron chi connectivity index (χ3n) is 3.32. The Labute approximate surface area is 101 Å². The van der Waals surface area contributed by atoms with Crippen LogP contribution in [0.25, 0.3) is 0 Å². The molecule has 2 rings (SSSR count). The van der Waals surface area contributed by atoms with Crippen LogP contribution in [0.1, 0.15) is 31.9 Å². The van der Waals surface area contributed by atoms with Crippen LogP contribution >= 0.6 is 0 Å². The van der Waals surface area contributed by atoms with Gasteiger partial charge in [0, 0.05) is 12.3 Å². The van der Waals surface area contributed by atoms with Gasteiger partial charge in [0.15, 0.2) is 0 Å². The number of benzene rings is 1. The highest BCUT2D eigenvalue weighted by Crippen LogP contribution is 2.39. The van der Waals surface area contributed by atoms with Crippen molar-refractivity contribution in [2.24, 2.45) is 11.8 Å². The van der Waals surface area contributed by atoms with Crippen molar-refractivity contribution >= 4 is 11.8 Å². The minimum atomic E-state index is -0.592. The Morgan fingerprint density at radius 2 is 1.94 bits per heavy atom. The second-order valence-electron chi connectivity index (χ2n) is 4.42. The van der Waals surface area contributed by atoms with Gasteiger partial charge >= 0.3 is 5.97 Å². The van der Waals surface area contributed by atoms with Gasteiger partial charge in [-0.1, -0.05) is 44.2 Å². The third kappa shape index (κ3) is 2.09. The molecule has 1 aliphatic rings. The van der Waals surface area contributed by atoms with E-state index in [0.29, 0.717) is 6.42 Å². The lowest BCUT2D eigenvalue weighted by Gasteiger charge is -2.15. The molecule has 1 fully saturated rings. The van der Waals surface area contributed by atoms with E-state index in [1.165, 1.54) is 0 Å². The number of carbonyl (C=O) groups is 2.